The number of benzene rings is 2. The van der Waals surface area contributed by atoms with Gasteiger partial charge in [-0.15, -0.1) is 6.58 Å². The number of rotatable bonds is 7. The molecule has 1 aliphatic heterocycles. The molecule has 1 atom stereocenters. The van der Waals surface area contributed by atoms with Crippen molar-refractivity contribution in [1.82, 2.24) is 4.90 Å². The number of hydrogen-bond acceptors (Lipinski definition) is 4. The van der Waals surface area contributed by atoms with Crippen LogP contribution < -0.4 is 10.2 Å². The Kier molecular flexibility index (Phi) is 6.87. The van der Waals surface area contributed by atoms with E-state index in [-0.39, 0.29) is 31.2 Å². The molecule has 3 rings (SSSR count). The lowest BCUT2D eigenvalue weighted by atomic mass is 10.1. The molecule has 0 aliphatic carbocycles. The van der Waals surface area contributed by atoms with Gasteiger partial charge in [0, 0.05) is 24.2 Å². The van der Waals surface area contributed by atoms with Crippen molar-refractivity contribution >= 4 is 46.6 Å². The van der Waals surface area contributed by atoms with E-state index in [9.17, 15) is 19.2 Å². The molecule has 0 saturated carbocycles. The highest BCUT2D eigenvalue weighted by Gasteiger charge is 2.43. The van der Waals surface area contributed by atoms with Gasteiger partial charge >= 0.3 is 0 Å². The predicted molar refractivity (Wildman–Crippen MR) is 119 cm³/mol. The number of amides is 4. The average molecular weight is 440 g/mol. The molecule has 1 heterocycles. The maximum Gasteiger partial charge on any atom is 0.257 e. The second-order valence-electron chi connectivity index (χ2n) is 7.15. The largest absolute Gasteiger partial charge is 0.326 e. The van der Waals surface area contributed by atoms with Crippen molar-refractivity contribution in [2.45, 2.75) is 25.8 Å². The van der Waals surface area contributed by atoms with E-state index in [1.807, 2.05) is 0 Å². The molecule has 0 aromatic heterocycles. The maximum atomic E-state index is 13.1. The predicted octanol–water partition coefficient (Wildman–Crippen LogP) is 3.19. The van der Waals surface area contributed by atoms with Crippen molar-refractivity contribution < 1.29 is 19.2 Å². The van der Waals surface area contributed by atoms with Crippen LogP contribution in [-0.4, -0.2) is 41.1 Å². The van der Waals surface area contributed by atoms with Crippen molar-refractivity contribution in [2.24, 2.45) is 0 Å². The standard InChI is InChI=1S/C23H22ClN3O4/c1-3-12-26(21(29)13-16-4-6-17(24)7-5-16)20-14-22(30)27(23(20)31)19-10-8-18(9-11-19)25-15(2)28/h3-11,20H,1,12-14H2,2H3,(H,25,28). The molecule has 7 nitrogen and oxygen atoms in total. The first kappa shape index (κ1) is 22.2. The fourth-order valence-electron chi connectivity index (χ4n) is 3.45. The molecule has 2 aromatic rings. The number of anilines is 2. The van der Waals surface area contributed by atoms with Gasteiger partial charge in [0.05, 0.1) is 18.5 Å². The lowest BCUT2D eigenvalue weighted by Gasteiger charge is -2.26. The first-order valence-corrected chi connectivity index (χ1v) is 10.1. The Morgan fingerprint density at radius 1 is 1.16 bits per heavy atom. The summed E-state index contributed by atoms with van der Waals surface area (Å²) in [5.74, 6) is -1.36. The zero-order chi connectivity index (χ0) is 22.5. The highest BCUT2D eigenvalue weighted by atomic mass is 35.5. The van der Waals surface area contributed by atoms with Crippen molar-refractivity contribution in [3.8, 4) is 0 Å². The van der Waals surface area contributed by atoms with Gasteiger partial charge in [-0.25, -0.2) is 4.90 Å². The van der Waals surface area contributed by atoms with Gasteiger partial charge in [-0.1, -0.05) is 29.8 Å². The summed E-state index contributed by atoms with van der Waals surface area (Å²) < 4.78 is 0. The van der Waals surface area contributed by atoms with Gasteiger partial charge in [0.15, 0.2) is 0 Å². The van der Waals surface area contributed by atoms with Crippen molar-refractivity contribution in [3.63, 3.8) is 0 Å². The first-order chi connectivity index (χ1) is 14.8. The Morgan fingerprint density at radius 2 is 1.81 bits per heavy atom. The molecule has 0 radical (unpaired) electrons. The van der Waals surface area contributed by atoms with Crippen LogP contribution in [0.2, 0.25) is 5.02 Å². The van der Waals surface area contributed by atoms with E-state index in [4.69, 9.17) is 11.6 Å². The lowest BCUT2D eigenvalue weighted by molar-refractivity contribution is -0.137. The van der Waals surface area contributed by atoms with Gasteiger partial charge in [-0.3, -0.25) is 19.2 Å². The normalized spacial score (nSPS) is 15.7. The number of carbonyl (C=O) groups excluding carboxylic acids is 4. The molecular formula is C23H22ClN3O4. The molecular weight excluding hydrogens is 418 g/mol. The lowest BCUT2D eigenvalue weighted by Crippen LogP contribution is -2.46. The van der Waals surface area contributed by atoms with Gasteiger partial charge in [-0.2, -0.15) is 0 Å². The quantitative estimate of drug-likeness (QED) is 0.530. The molecule has 4 amide bonds. The highest BCUT2D eigenvalue weighted by Crippen LogP contribution is 2.27. The van der Waals surface area contributed by atoms with E-state index in [2.05, 4.69) is 11.9 Å². The average Bonchev–Trinajstić information content (AvgIpc) is 3.02. The van der Waals surface area contributed by atoms with Crippen LogP contribution in [0.25, 0.3) is 0 Å². The summed E-state index contributed by atoms with van der Waals surface area (Å²) in [5, 5.41) is 3.20. The first-order valence-electron chi connectivity index (χ1n) is 9.69. The van der Waals surface area contributed by atoms with E-state index in [1.165, 1.54) is 17.9 Å². The minimum absolute atomic E-state index is 0.0778. The maximum absolute atomic E-state index is 13.1. The Morgan fingerprint density at radius 3 is 2.39 bits per heavy atom. The number of nitrogens with zero attached hydrogens (tertiary/aromatic N) is 2. The number of imide groups is 1. The molecule has 2 aromatic carbocycles. The van der Waals surface area contributed by atoms with Crippen LogP contribution in [0.4, 0.5) is 11.4 Å². The Labute approximate surface area is 185 Å². The summed E-state index contributed by atoms with van der Waals surface area (Å²) in [7, 11) is 0. The zero-order valence-electron chi connectivity index (χ0n) is 17.0. The molecule has 1 unspecified atom stereocenters. The van der Waals surface area contributed by atoms with Crippen LogP contribution >= 0.6 is 11.6 Å². The Hall–Kier alpha value is -3.45. The number of carbonyl (C=O) groups is 4. The van der Waals surface area contributed by atoms with Gasteiger partial charge in [0.25, 0.3) is 5.91 Å². The second-order valence-corrected chi connectivity index (χ2v) is 7.59. The van der Waals surface area contributed by atoms with E-state index in [0.717, 1.165) is 10.5 Å². The SMILES string of the molecule is C=CCN(C(=O)Cc1ccc(Cl)cc1)C1CC(=O)N(c2ccc(NC(C)=O)cc2)C1=O. The molecule has 160 valence electrons. The van der Waals surface area contributed by atoms with Crippen LogP contribution in [0.3, 0.4) is 0 Å². The van der Waals surface area contributed by atoms with E-state index in [1.54, 1.807) is 48.5 Å². The molecule has 1 aliphatic rings. The molecule has 0 spiro atoms. The summed E-state index contributed by atoms with van der Waals surface area (Å²) in [6.45, 7) is 5.21. The van der Waals surface area contributed by atoms with Crippen molar-refractivity contribution in [2.75, 3.05) is 16.8 Å². The number of hydrogen-bond donors (Lipinski definition) is 1. The second kappa shape index (κ2) is 9.57. The summed E-state index contributed by atoms with van der Waals surface area (Å²) in [4.78, 5) is 52.3. The number of halogens is 1. The van der Waals surface area contributed by atoms with E-state index < -0.39 is 17.9 Å². The summed E-state index contributed by atoms with van der Waals surface area (Å²) in [6, 6.07) is 12.4. The molecule has 1 N–H and O–H groups in total. The summed E-state index contributed by atoms with van der Waals surface area (Å²) in [6.07, 6.45) is 1.50. The van der Waals surface area contributed by atoms with Crippen LogP contribution in [0.5, 0.6) is 0 Å². The molecule has 0 bridgehead atoms. The smallest absolute Gasteiger partial charge is 0.257 e. The molecule has 31 heavy (non-hydrogen) atoms. The molecule has 1 fully saturated rings. The van der Waals surface area contributed by atoms with E-state index in [0.29, 0.717) is 16.4 Å². The molecule has 1 saturated heterocycles. The fourth-order valence-corrected chi connectivity index (χ4v) is 3.57. The minimum atomic E-state index is -0.902. The fraction of sp³-hybridized carbons (Fsp3) is 0.217. The van der Waals surface area contributed by atoms with Crippen molar-refractivity contribution in [1.29, 1.82) is 0 Å². The monoisotopic (exact) mass is 439 g/mol. The van der Waals surface area contributed by atoms with Crippen LogP contribution in [-0.2, 0) is 25.6 Å². The zero-order valence-corrected chi connectivity index (χ0v) is 17.8. The summed E-state index contributed by atoms with van der Waals surface area (Å²) >= 11 is 5.89. The van der Waals surface area contributed by atoms with Crippen molar-refractivity contribution in [3.05, 3.63) is 71.8 Å². The highest BCUT2D eigenvalue weighted by molar-refractivity contribution is 6.30. The van der Waals surface area contributed by atoms with Crippen LogP contribution in [0.1, 0.15) is 18.9 Å². The van der Waals surface area contributed by atoms with E-state index >= 15 is 0 Å². The van der Waals surface area contributed by atoms with Gasteiger partial charge < -0.3 is 10.2 Å². The Balaban J connectivity index is 1.78. The van der Waals surface area contributed by atoms with Crippen LogP contribution in [0, 0.1) is 0 Å². The third-order valence-corrected chi connectivity index (χ3v) is 5.11. The summed E-state index contributed by atoms with van der Waals surface area (Å²) in [5.41, 5.74) is 1.69. The van der Waals surface area contributed by atoms with Crippen LogP contribution in [0.15, 0.2) is 61.2 Å². The third-order valence-electron chi connectivity index (χ3n) is 4.86. The third kappa shape index (κ3) is 5.19. The number of nitrogens with one attached hydrogen (secondary N) is 1. The van der Waals surface area contributed by atoms with Gasteiger partial charge in [0.2, 0.25) is 17.7 Å². The minimum Gasteiger partial charge on any atom is -0.326 e. The Bertz CT molecular complexity index is 1020. The van der Waals surface area contributed by atoms with Gasteiger partial charge in [-0.05, 0) is 42.0 Å². The van der Waals surface area contributed by atoms with Gasteiger partial charge in [0.1, 0.15) is 6.04 Å². The molecule has 8 heteroatoms. The topological polar surface area (TPSA) is 86.8 Å².